The molecule has 0 saturated heterocycles. The van der Waals surface area contributed by atoms with E-state index in [4.69, 9.17) is 0 Å². The Labute approximate surface area is 75.0 Å². The van der Waals surface area contributed by atoms with Crippen molar-refractivity contribution in [2.24, 2.45) is 5.92 Å². The van der Waals surface area contributed by atoms with Crippen molar-refractivity contribution < 1.29 is 21.6 Å². The standard InChI is InChI=1S/C7H11F3O2S/c1-5(6-3-2-4-6)13(11,12)7(8,9)10/h5-6H,2-4H2,1H3. The van der Waals surface area contributed by atoms with Crippen LogP contribution >= 0.6 is 0 Å². The zero-order valence-electron chi connectivity index (χ0n) is 7.13. The van der Waals surface area contributed by atoms with E-state index in [1.54, 1.807) is 0 Å². The summed E-state index contributed by atoms with van der Waals surface area (Å²) in [6, 6.07) is 0. The number of halogens is 3. The van der Waals surface area contributed by atoms with Crippen molar-refractivity contribution in [2.45, 2.75) is 36.9 Å². The number of alkyl halides is 3. The van der Waals surface area contributed by atoms with E-state index >= 15 is 0 Å². The zero-order chi connectivity index (χ0) is 10.3. The molecule has 1 rings (SSSR count). The first-order chi connectivity index (χ1) is 5.77. The Morgan fingerprint density at radius 2 is 1.77 bits per heavy atom. The molecule has 1 fully saturated rings. The van der Waals surface area contributed by atoms with Gasteiger partial charge in [0.2, 0.25) is 0 Å². The Hall–Kier alpha value is -0.260. The lowest BCUT2D eigenvalue weighted by molar-refractivity contribution is -0.0452. The van der Waals surface area contributed by atoms with Gasteiger partial charge in [-0.25, -0.2) is 8.42 Å². The Morgan fingerprint density at radius 3 is 2.00 bits per heavy atom. The third-order valence-electron chi connectivity index (χ3n) is 2.63. The highest BCUT2D eigenvalue weighted by molar-refractivity contribution is 7.92. The topological polar surface area (TPSA) is 34.1 Å². The number of hydrogen-bond acceptors (Lipinski definition) is 2. The number of rotatable bonds is 2. The van der Waals surface area contributed by atoms with Gasteiger partial charge in [-0.2, -0.15) is 13.2 Å². The molecule has 1 saturated carbocycles. The van der Waals surface area contributed by atoms with Crippen LogP contribution in [0.5, 0.6) is 0 Å². The fraction of sp³-hybridized carbons (Fsp3) is 1.00. The Bertz CT molecular complexity index is 277. The second kappa shape index (κ2) is 3.15. The van der Waals surface area contributed by atoms with E-state index < -0.39 is 20.6 Å². The molecule has 0 N–H and O–H groups in total. The van der Waals surface area contributed by atoms with Gasteiger partial charge in [-0.05, 0) is 25.7 Å². The summed E-state index contributed by atoms with van der Waals surface area (Å²) >= 11 is 0. The number of hydrogen-bond donors (Lipinski definition) is 0. The van der Waals surface area contributed by atoms with E-state index in [2.05, 4.69) is 0 Å². The first-order valence-corrected chi connectivity index (χ1v) is 5.61. The molecule has 0 aromatic rings. The Kier molecular flexibility index (Phi) is 2.62. The molecule has 13 heavy (non-hydrogen) atoms. The smallest absolute Gasteiger partial charge is 0.219 e. The van der Waals surface area contributed by atoms with Crippen LogP contribution in [-0.2, 0) is 9.84 Å². The van der Waals surface area contributed by atoms with Crippen molar-refractivity contribution >= 4 is 9.84 Å². The molecule has 0 amide bonds. The molecular weight excluding hydrogens is 205 g/mol. The third kappa shape index (κ3) is 1.82. The van der Waals surface area contributed by atoms with Crippen molar-refractivity contribution in [3.05, 3.63) is 0 Å². The second-order valence-corrected chi connectivity index (χ2v) is 5.68. The molecule has 0 aliphatic heterocycles. The fourth-order valence-electron chi connectivity index (χ4n) is 1.37. The molecule has 1 aliphatic rings. The van der Waals surface area contributed by atoms with Gasteiger partial charge in [0, 0.05) is 0 Å². The molecule has 1 unspecified atom stereocenters. The monoisotopic (exact) mass is 216 g/mol. The normalized spacial score (nSPS) is 22.5. The Balaban J connectivity index is 2.80. The minimum Gasteiger partial charge on any atom is -0.219 e. The van der Waals surface area contributed by atoms with Gasteiger partial charge in [-0.1, -0.05) is 6.42 Å². The highest BCUT2D eigenvalue weighted by Gasteiger charge is 2.51. The summed E-state index contributed by atoms with van der Waals surface area (Å²) in [5.41, 5.74) is -5.10. The van der Waals surface area contributed by atoms with Gasteiger partial charge in [-0.15, -0.1) is 0 Å². The molecule has 0 heterocycles. The number of sulfone groups is 1. The molecular formula is C7H11F3O2S. The SMILES string of the molecule is CC(C1CCC1)S(=O)(=O)C(F)(F)F. The van der Waals surface area contributed by atoms with Crippen LogP contribution in [0.15, 0.2) is 0 Å². The average Bonchev–Trinajstić information content (AvgIpc) is 1.80. The lowest BCUT2D eigenvalue weighted by atomic mass is 9.83. The van der Waals surface area contributed by atoms with Crippen LogP contribution in [0.4, 0.5) is 13.2 Å². The summed E-state index contributed by atoms with van der Waals surface area (Å²) in [7, 11) is -4.94. The van der Waals surface area contributed by atoms with E-state index in [9.17, 15) is 21.6 Å². The lowest BCUT2D eigenvalue weighted by Crippen LogP contribution is -2.39. The predicted octanol–water partition coefficient (Wildman–Crippen LogP) is 2.11. The summed E-state index contributed by atoms with van der Waals surface area (Å²) in [4.78, 5) is 0. The largest absolute Gasteiger partial charge is 0.497 e. The second-order valence-electron chi connectivity index (χ2n) is 3.39. The summed E-state index contributed by atoms with van der Waals surface area (Å²) in [5, 5.41) is -1.28. The molecule has 6 heteroatoms. The predicted molar refractivity (Wildman–Crippen MR) is 41.8 cm³/mol. The minimum absolute atomic E-state index is 0.299. The van der Waals surface area contributed by atoms with Crippen LogP contribution in [0.3, 0.4) is 0 Å². The van der Waals surface area contributed by atoms with Gasteiger partial charge in [-0.3, -0.25) is 0 Å². The molecule has 1 aliphatic carbocycles. The van der Waals surface area contributed by atoms with Crippen LogP contribution in [0.2, 0.25) is 0 Å². The average molecular weight is 216 g/mol. The van der Waals surface area contributed by atoms with Crippen molar-refractivity contribution in [1.82, 2.24) is 0 Å². The molecule has 0 bridgehead atoms. The van der Waals surface area contributed by atoms with Crippen molar-refractivity contribution in [3.63, 3.8) is 0 Å². The molecule has 0 radical (unpaired) electrons. The van der Waals surface area contributed by atoms with E-state index in [-0.39, 0.29) is 5.92 Å². The van der Waals surface area contributed by atoms with Gasteiger partial charge in [0.15, 0.2) is 0 Å². The highest BCUT2D eigenvalue weighted by Crippen LogP contribution is 2.38. The Morgan fingerprint density at radius 1 is 1.31 bits per heavy atom. The molecule has 0 aromatic carbocycles. The summed E-state index contributed by atoms with van der Waals surface area (Å²) in [6.07, 6.45) is 2.02. The first kappa shape index (κ1) is 10.8. The summed E-state index contributed by atoms with van der Waals surface area (Å²) in [5.74, 6) is -0.299. The van der Waals surface area contributed by atoms with E-state index in [0.717, 1.165) is 13.3 Å². The van der Waals surface area contributed by atoms with Gasteiger partial charge >= 0.3 is 5.51 Å². The van der Waals surface area contributed by atoms with Crippen LogP contribution < -0.4 is 0 Å². The maximum Gasteiger partial charge on any atom is 0.497 e. The van der Waals surface area contributed by atoms with Crippen LogP contribution in [0, 0.1) is 5.92 Å². The highest BCUT2D eigenvalue weighted by atomic mass is 32.2. The van der Waals surface area contributed by atoms with Crippen LogP contribution in [0.25, 0.3) is 0 Å². The van der Waals surface area contributed by atoms with Gasteiger partial charge in [0.05, 0.1) is 5.25 Å². The molecule has 78 valence electrons. The summed E-state index contributed by atoms with van der Waals surface area (Å²) < 4.78 is 57.8. The van der Waals surface area contributed by atoms with E-state index in [1.807, 2.05) is 0 Å². The minimum atomic E-state index is -5.10. The van der Waals surface area contributed by atoms with Gasteiger partial charge in [0.1, 0.15) is 0 Å². The van der Waals surface area contributed by atoms with E-state index in [0.29, 0.717) is 12.8 Å². The van der Waals surface area contributed by atoms with Gasteiger partial charge in [0.25, 0.3) is 9.84 Å². The summed E-state index contributed by atoms with van der Waals surface area (Å²) in [6.45, 7) is 1.15. The molecule has 1 atom stereocenters. The molecule has 0 spiro atoms. The molecule has 0 aromatic heterocycles. The maximum atomic E-state index is 12.0. The fourth-order valence-corrected chi connectivity index (χ4v) is 2.57. The van der Waals surface area contributed by atoms with Gasteiger partial charge < -0.3 is 0 Å². The quantitative estimate of drug-likeness (QED) is 0.708. The van der Waals surface area contributed by atoms with Crippen molar-refractivity contribution in [2.75, 3.05) is 0 Å². The van der Waals surface area contributed by atoms with E-state index in [1.165, 1.54) is 0 Å². The third-order valence-corrected chi connectivity index (χ3v) is 4.63. The van der Waals surface area contributed by atoms with Crippen LogP contribution in [0.1, 0.15) is 26.2 Å². The first-order valence-electron chi connectivity index (χ1n) is 4.07. The van der Waals surface area contributed by atoms with Crippen molar-refractivity contribution in [1.29, 1.82) is 0 Å². The van der Waals surface area contributed by atoms with Crippen molar-refractivity contribution in [3.8, 4) is 0 Å². The zero-order valence-corrected chi connectivity index (χ0v) is 7.95. The lowest BCUT2D eigenvalue weighted by Gasteiger charge is -2.31. The molecule has 2 nitrogen and oxygen atoms in total. The van der Waals surface area contributed by atoms with Crippen LogP contribution in [-0.4, -0.2) is 19.2 Å². The maximum absolute atomic E-state index is 12.0.